The highest BCUT2D eigenvalue weighted by Crippen LogP contribution is 2.30. The first-order valence-corrected chi connectivity index (χ1v) is 6.37. The van der Waals surface area contributed by atoms with E-state index in [9.17, 15) is 0 Å². The molecular weight excluding hydrogens is 270 g/mol. The van der Waals surface area contributed by atoms with E-state index < -0.39 is 0 Å². The highest BCUT2D eigenvalue weighted by atomic mass is 79.9. The molecule has 0 spiro atoms. The van der Waals surface area contributed by atoms with Gasteiger partial charge in [0.25, 0.3) is 0 Å². The van der Waals surface area contributed by atoms with Crippen LogP contribution >= 0.6 is 15.9 Å². The van der Waals surface area contributed by atoms with Crippen molar-refractivity contribution in [3.63, 3.8) is 0 Å². The molecule has 1 aliphatic rings. The van der Waals surface area contributed by atoms with Crippen LogP contribution in [0.5, 0.6) is 5.75 Å². The number of halogens is 1. The lowest BCUT2D eigenvalue weighted by Crippen LogP contribution is -2.19. The maximum atomic E-state index is 8.60. The van der Waals surface area contributed by atoms with Crippen LogP contribution in [-0.4, -0.2) is 11.8 Å². The van der Waals surface area contributed by atoms with Crippen LogP contribution in [-0.2, 0) is 6.54 Å². The van der Waals surface area contributed by atoms with E-state index in [1.54, 1.807) is 0 Å². The van der Waals surface area contributed by atoms with Crippen LogP contribution in [0.25, 0.3) is 0 Å². The maximum Gasteiger partial charge on any atom is 0.133 e. The summed E-state index contributed by atoms with van der Waals surface area (Å²) in [5.74, 6) is 1.62. The Bertz CT molecular complexity index is 353. The number of hydrogen-bond donors (Lipinski definition) is 2. The molecule has 4 heteroatoms. The number of hydroxylamine groups is 1. The summed E-state index contributed by atoms with van der Waals surface area (Å²) in [6, 6.07) is 5.85. The summed E-state index contributed by atoms with van der Waals surface area (Å²) in [6.07, 6.45) is 3.94. The fourth-order valence-corrected chi connectivity index (χ4v) is 2.27. The second-order valence-electron chi connectivity index (χ2n) is 4.21. The molecule has 1 saturated carbocycles. The van der Waals surface area contributed by atoms with E-state index in [0.29, 0.717) is 6.54 Å². The molecule has 3 nitrogen and oxygen atoms in total. The van der Waals surface area contributed by atoms with Crippen molar-refractivity contribution in [2.45, 2.75) is 25.8 Å². The second kappa shape index (κ2) is 5.66. The average Bonchev–Trinajstić information content (AvgIpc) is 2.19. The van der Waals surface area contributed by atoms with Gasteiger partial charge in [-0.2, -0.15) is 0 Å². The number of rotatable bonds is 5. The van der Waals surface area contributed by atoms with Gasteiger partial charge in [0.1, 0.15) is 5.75 Å². The van der Waals surface area contributed by atoms with Crippen molar-refractivity contribution in [1.29, 1.82) is 0 Å². The molecule has 0 amide bonds. The van der Waals surface area contributed by atoms with E-state index in [1.807, 2.05) is 18.2 Å². The summed E-state index contributed by atoms with van der Waals surface area (Å²) < 4.78 is 6.69. The van der Waals surface area contributed by atoms with Crippen LogP contribution in [0, 0.1) is 5.92 Å². The van der Waals surface area contributed by atoms with Gasteiger partial charge in [0.15, 0.2) is 0 Å². The Hall–Kier alpha value is -0.580. The van der Waals surface area contributed by atoms with Gasteiger partial charge >= 0.3 is 0 Å². The lowest BCUT2D eigenvalue weighted by atomic mass is 9.86. The Labute approximate surface area is 104 Å². The van der Waals surface area contributed by atoms with Gasteiger partial charge in [-0.3, -0.25) is 0 Å². The third-order valence-electron chi connectivity index (χ3n) is 2.98. The molecule has 0 heterocycles. The van der Waals surface area contributed by atoms with Crippen LogP contribution < -0.4 is 10.2 Å². The summed E-state index contributed by atoms with van der Waals surface area (Å²) in [4.78, 5) is 0. The van der Waals surface area contributed by atoms with E-state index in [4.69, 9.17) is 9.94 Å². The Balaban J connectivity index is 1.92. The zero-order valence-corrected chi connectivity index (χ0v) is 10.7. The highest BCUT2D eigenvalue weighted by Gasteiger charge is 2.18. The van der Waals surface area contributed by atoms with E-state index >= 15 is 0 Å². The molecular formula is C12H16BrNO2. The summed E-state index contributed by atoms with van der Waals surface area (Å²) in [7, 11) is 0. The van der Waals surface area contributed by atoms with Crippen molar-refractivity contribution in [1.82, 2.24) is 5.48 Å². The van der Waals surface area contributed by atoms with Gasteiger partial charge in [-0.25, -0.2) is 5.48 Å². The standard InChI is InChI=1S/C12H16BrNO2/c13-11-6-10(7-14-15)4-5-12(11)16-8-9-2-1-3-9/h4-6,9,14-15H,1-3,7-8H2. The van der Waals surface area contributed by atoms with Crippen molar-refractivity contribution in [3.8, 4) is 5.75 Å². The lowest BCUT2D eigenvalue weighted by Gasteiger charge is -2.25. The number of benzene rings is 1. The van der Waals surface area contributed by atoms with Gasteiger partial charge in [0.2, 0.25) is 0 Å². The number of ether oxygens (including phenoxy) is 1. The molecule has 1 aromatic rings. The van der Waals surface area contributed by atoms with Crippen molar-refractivity contribution in [3.05, 3.63) is 28.2 Å². The molecule has 88 valence electrons. The van der Waals surface area contributed by atoms with E-state index in [2.05, 4.69) is 21.4 Å². The summed E-state index contributed by atoms with van der Waals surface area (Å²) in [5.41, 5.74) is 3.16. The van der Waals surface area contributed by atoms with E-state index in [1.165, 1.54) is 19.3 Å². The molecule has 1 aromatic carbocycles. The molecule has 0 atom stereocenters. The van der Waals surface area contributed by atoms with Crippen molar-refractivity contribution in [2.24, 2.45) is 5.92 Å². The van der Waals surface area contributed by atoms with Gasteiger partial charge in [-0.1, -0.05) is 12.5 Å². The third-order valence-corrected chi connectivity index (χ3v) is 3.60. The minimum Gasteiger partial charge on any atom is -0.492 e. The molecule has 2 N–H and O–H groups in total. The van der Waals surface area contributed by atoms with Crippen LogP contribution in [0.3, 0.4) is 0 Å². The molecule has 0 aromatic heterocycles. The van der Waals surface area contributed by atoms with Crippen LogP contribution in [0.15, 0.2) is 22.7 Å². The number of nitrogens with one attached hydrogen (secondary N) is 1. The summed E-state index contributed by atoms with van der Waals surface area (Å²) >= 11 is 3.47. The Morgan fingerprint density at radius 2 is 2.25 bits per heavy atom. The summed E-state index contributed by atoms with van der Waals surface area (Å²) in [5, 5.41) is 8.60. The van der Waals surface area contributed by atoms with Crippen molar-refractivity contribution in [2.75, 3.05) is 6.61 Å². The van der Waals surface area contributed by atoms with Crippen molar-refractivity contribution >= 4 is 15.9 Å². The molecule has 0 saturated heterocycles. The van der Waals surface area contributed by atoms with Crippen LogP contribution in [0.4, 0.5) is 0 Å². The Morgan fingerprint density at radius 3 is 2.81 bits per heavy atom. The Kier molecular flexibility index (Phi) is 4.21. The van der Waals surface area contributed by atoms with Gasteiger partial charge in [-0.05, 0) is 52.4 Å². The molecule has 0 bridgehead atoms. The zero-order valence-electron chi connectivity index (χ0n) is 9.08. The average molecular weight is 286 g/mol. The SMILES string of the molecule is ONCc1ccc(OCC2CCC2)c(Br)c1. The Morgan fingerprint density at radius 1 is 1.44 bits per heavy atom. The van der Waals surface area contributed by atoms with E-state index in [-0.39, 0.29) is 0 Å². The minimum absolute atomic E-state index is 0.446. The van der Waals surface area contributed by atoms with Crippen LogP contribution in [0.2, 0.25) is 0 Å². The molecule has 0 unspecified atom stereocenters. The molecule has 2 rings (SSSR count). The van der Waals surface area contributed by atoms with Gasteiger partial charge in [0, 0.05) is 6.54 Å². The predicted octanol–water partition coefficient (Wildman–Crippen LogP) is 3.11. The fraction of sp³-hybridized carbons (Fsp3) is 0.500. The maximum absolute atomic E-state index is 8.60. The van der Waals surface area contributed by atoms with Crippen molar-refractivity contribution < 1.29 is 9.94 Å². The largest absolute Gasteiger partial charge is 0.492 e. The molecule has 16 heavy (non-hydrogen) atoms. The summed E-state index contributed by atoms with van der Waals surface area (Å²) in [6.45, 7) is 1.26. The topological polar surface area (TPSA) is 41.5 Å². The first-order valence-electron chi connectivity index (χ1n) is 5.58. The first kappa shape index (κ1) is 11.9. The van der Waals surface area contributed by atoms with Crippen LogP contribution in [0.1, 0.15) is 24.8 Å². The highest BCUT2D eigenvalue weighted by molar-refractivity contribution is 9.10. The second-order valence-corrected chi connectivity index (χ2v) is 5.06. The first-order chi connectivity index (χ1) is 7.79. The predicted molar refractivity (Wildman–Crippen MR) is 65.6 cm³/mol. The smallest absolute Gasteiger partial charge is 0.133 e. The minimum atomic E-state index is 0.446. The quantitative estimate of drug-likeness (QED) is 0.817. The molecule has 0 radical (unpaired) electrons. The monoisotopic (exact) mass is 285 g/mol. The van der Waals surface area contributed by atoms with Gasteiger partial charge in [-0.15, -0.1) is 0 Å². The lowest BCUT2D eigenvalue weighted by molar-refractivity contribution is 0.161. The zero-order chi connectivity index (χ0) is 11.4. The van der Waals surface area contributed by atoms with Gasteiger partial charge in [0.05, 0.1) is 11.1 Å². The molecule has 1 fully saturated rings. The third kappa shape index (κ3) is 2.97. The molecule has 1 aliphatic carbocycles. The number of hydrogen-bond acceptors (Lipinski definition) is 3. The van der Waals surface area contributed by atoms with Gasteiger partial charge < -0.3 is 9.94 Å². The van der Waals surface area contributed by atoms with E-state index in [0.717, 1.165) is 28.3 Å². The normalized spacial score (nSPS) is 15.9. The fourth-order valence-electron chi connectivity index (χ4n) is 1.73. The molecule has 0 aliphatic heterocycles.